The first-order valence-corrected chi connectivity index (χ1v) is 4.96. The van der Waals surface area contributed by atoms with Crippen LogP contribution < -0.4 is 0 Å². The third kappa shape index (κ3) is 2.46. The number of benzene rings is 1. The molecule has 0 aromatic heterocycles. The molecule has 0 spiro atoms. The number of nitro benzene ring substituents is 2. The lowest BCUT2D eigenvalue weighted by Gasteiger charge is -2.03. The van der Waals surface area contributed by atoms with E-state index in [9.17, 15) is 20.2 Å². The fourth-order valence-electron chi connectivity index (χ4n) is 1.34. The molecule has 0 saturated carbocycles. The minimum absolute atomic E-state index is 0.0162. The molecule has 1 rings (SSSR count). The van der Waals surface area contributed by atoms with Gasteiger partial charge >= 0.3 is 0 Å². The van der Waals surface area contributed by atoms with E-state index < -0.39 is 15.5 Å². The van der Waals surface area contributed by atoms with E-state index in [0.717, 1.165) is 6.07 Å². The number of nitro groups is 2. The molecular formula is C9H9ClN2O4. The molecule has 1 aromatic rings. The molecule has 0 unspecified atom stereocenters. The van der Waals surface area contributed by atoms with Gasteiger partial charge in [-0.05, 0) is 12.0 Å². The number of halogens is 1. The van der Waals surface area contributed by atoms with E-state index >= 15 is 0 Å². The predicted octanol–water partition coefficient (Wildman–Crippen LogP) is 3.11. The van der Waals surface area contributed by atoms with Crippen molar-refractivity contribution in [2.75, 3.05) is 0 Å². The monoisotopic (exact) mass is 244 g/mol. The Morgan fingerprint density at radius 3 is 2.31 bits per heavy atom. The highest BCUT2D eigenvalue weighted by Crippen LogP contribution is 2.33. The maximum absolute atomic E-state index is 10.7. The fraction of sp³-hybridized carbons (Fsp3) is 0.333. The van der Waals surface area contributed by atoms with Crippen LogP contribution >= 0.6 is 11.6 Å². The predicted molar refractivity (Wildman–Crippen MR) is 58.8 cm³/mol. The quantitative estimate of drug-likeness (QED) is 0.601. The highest BCUT2D eigenvalue weighted by atomic mass is 35.5. The SMILES string of the molecule is CCCc1cc([N+](=O)[O-])cc([N+](=O)[O-])c1Cl. The zero-order chi connectivity index (χ0) is 12.3. The number of non-ortho nitro benzene ring substituents is 1. The summed E-state index contributed by atoms with van der Waals surface area (Å²) in [7, 11) is 0. The molecule has 0 atom stereocenters. The van der Waals surface area contributed by atoms with Gasteiger partial charge in [0.15, 0.2) is 0 Å². The van der Waals surface area contributed by atoms with E-state index in [4.69, 9.17) is 11.6 Å². The van der Waals surface area contributed by atoms with E-state index in [0.29, 0.717) is 18.4 Å². The second kappa shape index (κ2) is 4.89. The van der Waals surface area contributed by atoms with Crippen LogP contribution in [0.15, 0.2) is 12.1 Å². The number of rotatable bonds is 4. The van der Waals surface area contributed by atoms with Crippen LogP contribution in [0.25, 0.3) is 0 Å². The first-order chi connectivity index (χ1) is 7.47. The van der Waals surface area contributed by atoms with Crippen LogP contribution in [0, 0.1) is 20.2 Å². The highest BCUT2D eigenvalue weighted by molar-refractivity contribution is 6.33. The Kier molecular flexibility index (Phi) is 3.78. The van der Waals surface area contributed by atoms with Gasteiger partial charge in [0.2, 0.25) is 0 Å². The van der Waals surface area contributed by atoms with Crippen LogP contribution in [0.2, 0.25) is 5.02 Å². The zero-order valence-corrected chi connectivity index (χ0v) is 9.23. The molecule has 0 fully saturated rings. The lowest BCUT2D eigenvalue weighted by molar-refractivity contribution is -0.394. The minimum atomic E-state index is -0.714. The standard InChI is InChI=1S/C9H9ClN2O4/c1-2-3-6-4-7(11(13)14)5-8(9(6)10)12(15)16/h4-5H,2-3H2,1H3. The van der Waals surface area contributed by atoms with Crippen LogP contribution in [0.4, 0.5) is 11.4 Å². The van der Waals surface area contributed by atoms with E-state index in [1.54, 1.807) is 0 Å². The normalized spacial score (nSPS) is 10.1. The summed E-state index contributed by atoms with van der Waals surface area (Å²) in [5.41, 5.74) is -0.288. The molecule has 0 saturated heterocycles. The molecule has 6 nitrogen and oxygen atoms in total. The second-order valence-electron chi connectivity index (χ2n) is 3.20. The van der Waals surface area contributed by atoms with E-state index in [1.807, 2.05) is 6.92 Å². The van der Waals surface area contributed by atoms with Crippen molar-refractivity contribution in [3.8, 4) is 0 Å². The molecule has 0 aliphatic rings. The molecule has 1 aromatic carbocycles. The molecule has 16 heavy (non-hydrogen) atoms. The first-order valence-electron chi connectivity index (χ1n) is 4.58. The molecule has 0 amide bonds. The van der Waals surface area contributed by atoms with Gasteiger partial charge in [0, 0.05) is 6.07 Å². The number of aryl methyl sites for hydroxylation is 1. The van der Waals surface area contributed by atoms with Crippen molar-refractivity contribution in [2.45, 2.75) is 19.8 Å². The summed E-state index contributed by atoms with van der Waals surface area (Å²) in [5.74, 6) is 0. The third-order valence-corrected chi connectivity index (χ3v) is 2.48. The fourth-order valence-corrected chi connectivity index (χ4v) is 1.61. The van der Waals surface area contributed by atoms with Crippen LogP contribution in [0.3, 0.4) is 0 Å². The highest BCUT2D eigenvalue weighted by Gasteiger charge is 2.22. The van der Waals surface area contributed by atoms with Gasteiger partial charge in [-0.2, -0.15) is 0 Å². The molecule has 0 aliphatic carbocycles. The summed E-state index contributed by atoms with van der Waals surface area (Å²) in [5, 5.41) is 21.2. The molecular weight excluding hydrogens is 236 g/mol. The molecule has 0 heterocycles. The van der Waals surface area contributed by atoms with Gasteiger partial charge < -0.3 is 0 Å². The van der Waals surface area contributed by atoms with Crippen LogP contribution in [0.1, 0.15) is 18.9 Å². The van der Waals surface area contributed by atoms with Gasteiger partial charge in [-0.3, -0.25) is 20.2 Å². The Balaban J connectivity index is 3.38. The molecule has 0 N–H and O–H groups in total. The van der Waals surface area contributed by atoms with Crippen LogP contribution in [-0.4, -0.2) is 9.85 Å². The Morgan fingerprint density at radius 1 is 1.25 bits per heavy atom. The number of hydrogen-bond donors (Lipinski definition) is 0. The summed E-state index contributed by atoms with van der Waals surface area (Å²) in [6, 6.07) is 2.15. The van der Waals surface area contributed by atoms with Crippen molar-refractivity contribution in [1.29, 1.82) is 0 Å². The van der Waals surface area contributed by atoms with Gasteiger partial charge in [-0.15, -0.1) is 0 Å². The maximum Gasteiger partial charge on any atom is 0.295 e. The zero-order valence-electron chi connectivity index (χ0n) is 8.47. The Hall–Kier alpha value is -1.69. The van der Waals surface area contributed by atoms with Crippen molar-refractivity contribution in [3.63, 3.8) is 0 Å². The average molecular weight is 245 g/mol. The van der Waals surface area contributed by atoms with E-state index in [-0.39, 0.29) is 10.7 Å². The molecule has 0 bridgehead atoms. The summed E-state index contributed by atoms with van der Waals surface area (Å²) in [6.45, 7) is 1.86. The summed E-state index contributed by atoms with van der Waals surface area (Å²) in [6.07, 6.45) is 1.18. The second-order valence-corrected chi connectivity index (χ2v) is 3.58. The summed E-state index contributed by atoms with van der Waals surface area (Å²) < 4.78 is 0. The lowest BCUT2D eigenvalue weighted by atomic mass is 10.1. The maximum atomic E-state index is 10.7. The molecule has 86 valence electrons. The Bertz CT molecular complexity index is 447. The smallest absolute Gasteiger partial charge is 0.258 e. The molecule has 0 aliphatic heterocycles. The van der Waals surface area contributed by atoms with Gasteiger partial charge in [0.05, 0.1) is 15.9 Å². The first kappa shape index (κ1) is 12.4. The van der Waals surface area contributed by atoms with Crippen molar-refractivity contribution in [3.05, 3.63) is 42.9 Å². The third-order valence-electron chi connectivity index (χ3n) is 2.04. The largest absolute Gasteiger partial charge is 0.295 e. The van der Waals surface area contributed by atoms with Gasteiger partial charge in [-0.25, -0.2) is 0 Å². The van der Waals surface area contributed by atoms with Crippen molar-refractivity contribution < 1.29 is 9.85 Å². The molecule has 0 radical (unpaired) electrons. The van der Waals surface area contributed by atoms with Crippen molar-refractivity contribution >= 4 is 23.0 Å². The molecule has 7 heteroatoms. The number of nitrogens with zero attached hydrogens (tertiary/aromatic N) is 2. The average Bonchev–Trinajstić information content (AvgIpc) is 2.20. The Labute approximate surface area is 96.1 Å². The van der Waals surface area contributed by atoms with Gasteiger partial charge in [0.1, 0.15) is 5.02 Å². The topological polar surface area (TPSA) is 86.3 Å². The van der Waals surface area contributed by atoms with Crippen LogP contribution in [0.5, 0.6) is 0 Å². The van der Waals surface area contributed by atoms with Gasteiger partial charge in [-0.1, -0.05) is 24.9 Å². The lowest BCUT2D eigenvalue weighted by Crippen LogP contribution is -1.97. The minimum Gasteiger partial charge on any atom is -0.258 e. The van der Waals surface area contributed by atoms with Crippen molar-refractivity contribution in [1.82, 2.24) is 0 Å². The van der Waals surface area contributed by atoms with Crippen molar-refractivity contribution in [2.24, 2.45) is 0 Å². The summed E-state index contributed by atoms with van der Waals surface area (Å²) >= 11 is 5.79. The van der Waals surface area contributed by atoms with E-state index in [2.05, 4.69) is 0 Å². The van der Waals surface area contributed by atoms with Crippen LogP contribution in [-0.2, 0) is 6.42 Å². The summed E-state index contributed by atoms with van der Waals surface area (Å²) in [4.78, 5) is 19.9. The Morgan fingerprint density at radius 2 is 1.88 bits per heavy atom. The van der Waals surface area contributed by atoms with Gasteiger partial charge in [0.25, 0.3) is 11.4 Å². The number of hydrogen-bond acceptors (Lipinski definition) is 4. The van der Waals surface area contributed by atoms with E-state index in [1.165, 1.54) is 6.07 Å².